The number of ketones is 1. The minimum absolute atomic E-state index is 0.0592. The normalized spacial score (nSPS) is 50.4. The lowest BCUT2D eigenvalue weighted by Crippen LogP contribution is -2.78. The first-order valence-corrected chi connectivity index (χ1v) is 30.7. The number of methoxy groups -OCH3 is 3. The molecular formula is C61H98O24. The van der Waals surface area contributed by atoms with Gasteiger partial charge >= 0.3 is 5.97 Å². The van der Waals surface area contributed by atoms with Crippen molar-refractivity contribution in [3.8, 4) is 0 Å². The van der Waals surface area contributed by atoms with Gasteiger partial charge in [-0.15, -0.1) is 0 Å². The highest BCUT2D eigenvalue weighted by atomic mass is 16.8. The summed E-state index contributed by atoms with van der Waals surface area (Å²) in [6.45, 7) is 17.4. The molecule has 85 heavy (non-hydrogen) atoms. The average molecular weight is 1220 g/mol. The predicted octanol–water partition coefficient (Wildman–Crippen LogP) is 2.29. The molecule has 8 N–H and O–H groups in total. The van der Waals surface area contributed by atoms with Crippen molar-refractivity contribution in [1.29, 1.82) is 0 Å². The summed E-state index contributed by atoms with van der Waals surface area (Å²) in [6.07, 6.45) is -13.6. The number of Topliss-reactive ketones (excluding diaryl/α,β-unsaturated/α-hetero) is 1. The van der Waals surface area contributed by atoms with Crippen molar-refractivity contribution >= 4 is 11.8 Å². The minimum atomic E-state index is -2.05. The van der Waals surface area contributed by atoms with Crippen LogP contribution in [0.4, 0.5) is 0 Å². The van der Waals surface area contributed by atoms with E-state index in [1.807, 2.05) is 47.6 Å². The Morgan fingerprint density at radius 1 is 0.659 bits per heavy atom. The van der Waals surface area contributed by atoms with Gasteiger partial charge in [0.25, 0.3) is 0 Å². The Balaban J connectivity index is 0.768. The van der Waals surface area contributed by atoms with Crippen LogP contribution in [0.2, 0.25) is 0 Å². The molecule has 4 aliphatic carbocycles. The van der Waals surface area contributed by atoms with Crippen LogP contribution in [0.3, 0.4) is 0 Å². The van der Waals surface area contributed by atoms with Gasteiger partial charge in [-0.05, 0) is 105 Å². The molecule has 24 nitrogen and oxygen atoms in total. The second-order valence-corrected chi connectivity index (χ2v) is 26.5. The molecule has 5 heterocycles. The Hall–Kier alpha value is -2.22. The maximum atomic E-state index is 13.6. The Labute approximate surface area is 498 Å². The number of aliphatic hydroxyl groups is 8. The highest BCUT2D eigenvalue weighted by Crippen LogP contribution is 2.71. The van der Waals surface area contributed by atoms with Gasteiger partial charge < -0.3 is 107 Å². The van der Waals surface area contributed by atoms with E-state index in [2.05, 4.69) is 6.92 Å². The molecule has 3 saturated carbocycles. The van der Waals surface area contributed by atoms with E-state index in [0.29, 0.717) is 19.3 Å². The summed E-state index contributed by atoms with van der Waals surface area (Å²) in [4.78, 5) is 26.9. The predicted molar refractivity (Wildman–Crippen MR) is 296 cm³/mol. The molecule has 5 saturated heterocycles. The lowest BCUT2D eigenvalue weighted by molar-refractivity contribution is -0.358. The van der Waals surface area contributed by atoms with Crippen LogP contribution in [0, 0.1) is 22.7 Å². The van der Waals surface area contributed by atoms with E-state index >= 15 is 0 Å². The maximum Gasteiger partial charge on any atom is 0.330 e. The summed E-state index contributed by atoms with van der Waals surface area (Å²) < 4.78 is 87.4. The van der Waals surface area contributed by atoms with E-state index in [1.165, 1.54) is 20.1 Å². The molecule has 0 radical (unpaired) electrons. The number of ether oxygens (including phenoxy) is 14. The quantitative estimate of drug-likeness (QED) is 0.0554. The highest BCUT2D eigenvalue weighted by molar-refractivity contribution is 5.87. The van der Waals surface area contributed by atoms with Gasteiger partial charge in [0.1, 0.15) is 71.7 Å². The lowest BCUT2D eigenvalue weighted by Gasteiger charge is -2.67. The van der Waals surface area contributed by atoms with E-state index in [0.717, 1.165) is 11.1 Å². The Morgan fingerprint density at radius 2 is 1.16 bits per heavy atom. The number of esters is 1. The molecule has 0 bridgehead atoms. The molecule has 0 aromatic carbocycles. The van der Waals surface area contributed by atoms with Gasteiger partial charge in [0.15, 0.2) is 37.2 Å². The van der Waals surface area contributed by atoms with Gasteiger partial charge in [0.2, 0.25) is 0 Å². The lowest BCUT2D eigenvalue weighted by atomic mass is 9.42. The molecule has 0 aromatic rings. The van der Waals surface area contributed by atoms with Crippen molar-refractivity contribution in [2.75, 3.05) is 27.9 Å². The van der Waals surface area contributed by atoms with Crippen LogP contribution in [-0.2, 0) is 75.9 Å². The van der Waals surface area contributed by atoms with E-state index in [-0.39, 0.29) is 63.4 Å². The van der Waals surface area contributed by atoms with E-state index < -0.39 is 187 Å². The Bertz CT molecular complexity index is 2360. The van der Waals surface area contributed by atoms with Crippen molar-refractivity contribution in [3.05, 3.63) is 23.3 Å². The van der Waals surface area contributed by atoms with Crippen molar-refractivity contribution in [3.63, 3.8) is 0 Å². The molecule has 0 aromatic heterocycles. The molecule has 5 aliphatic heterocycles. The van der Waals surface area contributed by atoms with Crippen LogP contribution in [0.5, 0.6) is 0 Å². The van der Waals surface area contributed by atoms with Crippen LogP contribution in [0.1, 0.15) is 140 Å². The molecule has 486 valence electrons. The first kappa shape index (κ1) is 67.2. The van der Waals surface area contributed by atoms with Crippen LogP contribution < -0.4 is 0 Å². The standard InChI is InChI=1S/C61H98O24/c1-28(2)29(3)20-44(65)81-43-26-42-57(9)16-15-36(21-35(57)14-17-60(42,70)61(71)19-18-59(69,34(8)63)58(43,61)10)79-45-22-37(64)52(30(4)75-45)82-46-23-38(72-11)53(31(5)76-46)83-47-24-39(73-12)54(32(6)77-47)84-48-25-40(74-13)55(33(7)78-48)85-56-51(68)50(67)49(66)41(27-62)80-56/h14,20,28,30-33,36-43,45-56,62,64,66-71H,15-19,21-27H2,1-13H3/b29-20+/t30-,31+,32-,33+,36+,37+,38+,39+,40-,41-,42-,43-,45+,46+,47+,48+,49-,50+,51-,52-,53-,54-,55+,56+,57+,58-,59-,60+,61-/m1/s1. The number of rotatable bonds is 18. The third-order valence-electron chi connectivity index (χ3n) is 21.5. The molecule has 9 aliphatic rings. The summed E-state index contributed by atoms with van der Waals surface area (Å²) in [5.41, 5.74) is -6.34. The summed E-state index contributed by atoms with van der Waals surface area (Å²) in [5.74, 6) is -1.72. The monoisotopic (exact) mass is 1210 g/mol. The molecule has 24 heteroatoms. The van der Waals surface area contributed by atoms with E-state index in [4.69, 9.17) is 66.3 Å². The van der Waals surface area contributed by atoms with Gasteiger partial charge in [-0.3, -0.25) is 4.79 Å². The zero-order valence-electron chi connectivity index (χ0n) is 51.7. The number of allylic oxidation sites excluding steroid dienone is 1. The highest BCUT2D eigenvalue weighted by Gasteiger charge is 2.81. The van der Waals surface area contributed by atoms with Gasteiger partial charge in [-0.2, -0.15) is 0 Å². The average Bonchev–Trinajstić information content (AvgIpc) is 1.64. The number of carbonyl (C=O) groups excluding carboxylic acids is 2. The first-order valence-electron chi connectivity index (χ1n) is 30.7. The molecular weight excluding hydrogens is 1120 g/mol. The van der Waals surface area contributed by atoms with Crippen LogP contribution in [-0.4, -0.2) is 239 Å². The fourth-order valence-corrected chi connectivity index (χ4v) is 15.9. The molecule has 29 atom stereocenters. The minimum Gasteiger partial charge on any atom is -0.458 e. The third kappa shape index (κ3) is 12.3. The van der Waals surface area contributed by atoms with Crippen LogP contribution in [0.25, 0.3) is 0 Å². The third-order valence-corrected chi connectivity index (χ3v) is 21.5. The van der Waals surface area contributed by atoms with Crippen molar-refractivity contribution in [1.82, 2.24) is 0 Å². The second-order valence-electron chi connectivity index (χ2n) is 26.5. The number of hydrogen-bond donors (Lipinski definition) is 8. The zero-order valence-corrected chi connectivity index (χ0v) is 51.7. The van der Waals surface area contributed by atoms with Gasteiger partial charge in [-0.1, -0.05) is 38.0 Å². The van der Waals surface area contributed by atoms with Gasteiger partial charge in [-0.25, -0.2) is 4.79 Å². The molecule has 0 amide bonds. The Morgan fingerprint density at radius 3 is 1.66 bits per heavy atom. The van der Waals surface area contributed by atoms with E-state index in [9.17, 15) is 50.4 Å². The number of fused-ring (bicyclic) bond motifs is 5. The first-order chi connectivity index (χ1) is 40.0. The molecule has 9 rings (SSSR count). The van der Waals surface area contributed by atoms with Crippen LogP contribution in [0.15, 0.2) is 23.3 Å². The largest absolute Gasteiger partial charge is 0.458 e. The topological polar surface area (TPSA) is 325 Å². The summed E-state index contributed by atoms with van der Waals surface area (Å²) >= 11 is 0. The van der Waals surface area contributed by atoms with Crippen molar-refractivity contribution in [2.45, 2.75) is 298 Å². The SMILES string of the molecule is CO[C@H]1C[C@H](O[C@H]2[C@@H](O)C[C@H](O[C@H]3CC[C@@]4(C)C(=CC[C@]5(O)[C@@H]4C[C@@H](OC(=O)/C=C(\C)C(C)C)[C@@]4(C)[C@]5(O)CC[C@@]4(O)C(C)=O)C3)O[C@@H]2C)O[C@@H](C)[C@H]1O[C@H]1C[C@H](OC)[C@H](O[C@H]2C[C@@H](OC)[C@@H](O[C@@H]3O[C@H](CO)[C@@H](O)[C@H](O)[C@H]3O)[C@H](C)O2)[C@@H](C)O1. The smallest absolute Gasteiger partial charge is 0.330 e. The number of aliphatic hydroxyl groups excluding tert-OH is 5. The zero-order chi connectivity index (χ0) is 62.0. The fraction of sp³-hybridized carbons (Fsp3) is 0.902. The number of hydrogen-bond acceptors (Lipinski definition) is 24. The summed E-state index contributed by atoms with van der Waals surface area (Å²) in [7, 11) is 4.67. The Kier molecular flexibility index (Phi) is 20.7. The molecule has 8 fully saturated rings. The summed E-state index contributed by atoms with van der Waals surface area (Å²) in [6, 6.07) is 0. The van der Waals surface area contributed by atoms with Gasteiger partial charge in [0, 0.05) is 59.0 Å². The van der Waals surface area contributed by atoms with Crippen molar-refractivity contribution in [2.24, 2.45) is 22.7 Å². The van der Waals surface area contributed by atoms with Crippen LogP contribution >= 0.6 is 0 Å². The maximum absolute atomic E-state index is 13.6. The van der Waals surface area contributed by atoms with Gasteiger partial charge in [0.05, 0.1) is 67.0 Å². The molecule has 0 spiro atoms. The summed E-state index contributed by atoms with van der Waals surface area (Å²) in [5, 5.41) is 90.6. The van der Waals surface area contributed by atoms with E-state index in [1.54, 1.807) is 28.1 Å². The second kappa shape index (κ2) is 26.2. The molecule has 0 unspecified atom stereocenters. The van der Waals surface area contributed by atoms with Crippen molar-refractivity contribution < 1.29 is 117 Å². The fourth-order valence-electron chi connectivity index (χ4n) is 15.9. The number of carbonyl (C=O) groups is 2.